The van der Waals surface area contributed by atoms with Crippen molar-refractivity contribution in [1.82, 2.24) is 9.88 Å². The molecule has 3 heteroatoms. The van der Waals surface area contributed by atoms with Crippen LogP contribution in [-0.2, 0) is 19.5 Å². The molecule has 0 unspecified atom stereocenters. The van der Waals surface area contributed by atoms with Crippen LogP contribution in [0.4, 0.5) is 0 Å². The van der Waals surface area contributed by atoms with Gasteiger partial charge in [0.15, 0.2) is 0 Å². The van der Waals surface area contributed by atoms with Crippen molar-refractivity contribution in [3.8, 4) is 0 Å². The normalized spacial score (nSPS) is 11.9. The van der Waals surface area contributed by atoms with Crippen LogP contribution in [0.5, 0.6) is 0 Å². The third-order valence-electron chi connectivity index (χ3n) is 2.90. The summed E-state index contributed by atoms with van der Waals surface area (Å²) in [5, 5.41) is 5.69. The maximum atomic E-state index is 3.54. The van der Waals surface area contributed by atoms with E-state index in [0.29, 0.717) is 0 Å². The van der Waals surface area contributed by atoms with Crippen molar-refractivity contribution in [3.05, 3.63) is 46.4 Å². The summed E-state index contributed by atoms with van der Waals surface area (Å²) in [6, 6.07) is 8.67. The van der Waals surface area contributed by atoms with E-state index in [1.807, 2.05) is 11.3 Å². The summed E-state index contributed by atoms with van der Waals surface area (Å²) < 4.78 is 2.35. The number of hydrogen-bond acceptors (Lipinski definition) is 2. The van der Waals surface area contributed by atoms with Gasteiger partial charge in [-0.25, -0.2) is 0 Å². The summed E-state index contributed by atoms with van der Waals surface area (Å²) in [5.41, 5.74) is 1.53. The Kier molecular flexibility index (Phi) is 4.25. The molecule has 0 aliphatic carbocycles. The van der Waals surface area contributed by atoms with Crippen LogP contribution in [-0.4, -0.2) is 10.1 Å². The second-order valence-corrected chi connectivity index (χ2v) is 6.66. The lowest BCUT2D eigenvalue weighted by Gasteiger charge is -2.21. The predicted molar refractivity (Wildman–Crippen MR) is 79.0 cm³/mol. The van der Waals surface area contributed by atoms with Crippen LogP contribution in [0.15, 0.2) is 35.8 Å². The Labute approximate surface area is 114 Å². The molecule has 0 saturated heterocycles. The first-order valence-electron chi connectivity index (χ1n) is 6.46. The minimum atomic E-state index is 0.169. The third kappa shape index (κ3) is 4.00. The van der Waals surface area contributed by atoms with Gasteiger partial charge in [0, 0.05) is 35.4 Å². The lowest BCUT2D eigenvalue weighted by Crippen LogP contribution is -2.35. The van der Waals surface area contributed by atoms with Crippen LogP contribution in [0.2, 0.25) is 0 Å². The molecule has 0 fully saturated rings. The van der Waals surface area contributed by atoms with Crippen LogP contribution in [0, 0.1) is 0 Å². The van der Waals surface area contributed by atoms with E-state index in [0.717, 1.165) is 19.5 Å². The number of aryl methyl sites for hydroxylation is 2. The van der Waals surface area contributed by atoms with Gasteiger partial charge in [0.25, 0.3) is 0 Å². The standard InChI is InChI=1S/C15H22N2S/c1-15(2,3)16-12-13-6-4-9-17(13)10-8-14-7-5-11-18-14/h4-7,9,11,16H,8,10,12H2,1-3H3. The molecule has 18 heavy (non-hydrogen) atoms. The largest absolute Gasteiger partial charge is 0.350 e. The molecule has 0 aromatic carbocycles. The van der Waals surface area contributed by atoms with E-state index in [2.05, 4.69) is 66.5 Å². The Bertz CT molecular complexity index is 463. The Morgan fingerprint density at radius 1 is 1.22 bits per heavy atom. The van der Waals surface area contributed by atoms with Gasteiger partial charge < -0.3 is 9.88 Å². The van der Waals surface area contributed by atoms with Crippen LogP contribution < -0.4 is 5.32 Å². The van der Waals surface area contributed by atoms with Crippen molar-refractivity contribution in [2.75, 3.05) is 0 Å². The summed E-state index contributed by atoms with van der Waals surface area (Å²) in [5.74, 6) is 0. The molecule has 2 aromatic heterocycles. The lowest BCUT2D eigenvalue weighted by atomic mass is 10.1. The van der Waals surface area contributed by atoms with Gasteiger partial charge in [0.05, 0.1) is 0 Å². The summed E-state index contributed by atoms with van der Waals surface area (Å²) >= 11 is 1.84. The highest BCUT2D eigenvalue weighted by molar-refractivity contribution is 7.09. The van der Waals surface area contributed by atoms with E-state index in [1.165, 1.54) is 10.6 Å². The second-order valence-electron chi connectivity index (χ2n) is 5.63. The summed E-state index contributed by atoms with van der Waals surface area (Å²) in [4.78, 5) is 1.46. The van der Waals surface area contributed by atoms with Crippen molar-refractivity contribution in [3.63, 3.8) is 0 Å². The molecule has 0 saturated carbocycles. The monoisotopic (exact) mass is 262 g/mol. The van der Waals surface area contributed by atoms with Crippen molar-refractivity contribution in [2.45, 2.75) is 45.8 Å². The predicted octanol–water partition coefficient (Wildman–Crippen LogP) is 3.68. The molecule has 0 amide bonds. The zero-order chi connectivity index (χ0) is 13.0. The zero-order valence-electron chi connectivity index (χ0n) is 11.4. The number of nitrogens with zero attached hydrogens (tertiary/aromatic N) is 1. The highest BCUT2D eigenvalue weighted by Gasteiger charge is 2.10. The van der Waals surface area contributed by atoms with Gasteiger partial charge in [-0.3, -0.25) is 0 Å². The molecular formula is C15H22N2S. The second kappa shape index (κ2) is 5.72. The Balaban J connectivity index is 1.91. The number of nitrogens with one attached hydrogen (secondary N) is 1. The van der Waals surface area contributed by atoms with Crippen molar-refractivity contribution < 1.29 is 0 Å². The first-order valence-corrected chi connectivity index (χ1v) is 7.34. The molecule has 2 rings (SSSR count). The number of hydrogen-bond donors (Lipinski definition) is 1. The molecule has 0 aliphatic heterocycles. The highest BCUT2D eigenvalue weighted by Crippen LogP contribution is 2.12. The fraction of sp³-hybridized carbons (Fsp3) is 0.467. The lowest BCUT2D eigenvalue weighted by molar-refractivity contribution is 0.415. The van der Waals surface area contributed by atoms with E-state index in [9.17, 15) is 0 Å². The number of rotatable bonds is 5. The summed E-state index contributed by atoms with van der Waals surface area (Å²) in [6.07, 6.45) is 3.29. The van der Waals surface area contributed by atoms with E-state index < -0.39 is 0 Å². The van der Waals surface area contributed by atoms with E-state index >= 15 is 0 Å². The smallest absolute Gasteiger partial charge is 0.0363 e. The van der Waals surface area contributed by atoms with Gasteiger partial charge in [-0.15, -0.1) is 11.3 Å². The molecule has 2 nitrogen and oxygen atoms in total. The summed E-state index contributed by atoms with van der Waals surface area (Å²) in [6.45, 7) is 8.60. The molecule has 98 valence electrons. The molecular weight excluding hydrogens is 240 g/mol. The average Bonchev–Trinajstić information content (AvgIpc) is 2.94. The van der Waals surface area contributed by atoms with Gasteiger partial charge in [-0.05, 0) is 50.8 Å². The van der Waals surface area contributed by atoms with Crippen molar-refractivity contribution >= 4 is 11.3 Å². The van der Waals surface area contributed by atoms with Gasteiger partial charge in [0.1, 0.15) is 0 Å². The van der Waals surface area contributed by atoms with E-state index in [-0.39, 0.29) is 5.54 Å². The average molecular weight is 262 g/mol. The quantitative estimate of drug-likeness (QED) is 0.870. The number of aromatic nitrogens is 1. The maximum absolute atomic E-state index is 3.54. The minimum Gasteiger partial charge on any atom is -0.350 e. The molecule has 0 atom stereocenters. The fourth-order valence-corrected chi connectivity index (χ4v) is 2.57. The molecule has 2 aromatic rings. The third-order valence-corrected chi connectivity index (χ3v) is 3.84. The first kappa shape index (κ1) is 13.4. The van der Waals surface area contributed by atoms with Crippen molar-refractivity contribution in [1.29, 1.82) is 0 Å². The van der Waals surface area contributed by atoms with E-state index in [4.69, 9.17) is 0 Å². The fourth-order valence-electron chi connectivity index (χ4n) is 1.87. The molecule has 1 N–H and O–H groups in total. The van der Waals surface area contributed by atoms with Gasteiger partial charge in [0.2, 0.25) is 0 Å². The van der Waals surface area contributed by atoms with E-state index in [1.54, 1.807) is 0 Å². The van der Waals surface area contributed by atoms with Crippen LogP contribution in [0.25, 0.3) is 0 Å². The van der Waals surface area contributed by atoms with Gasteiger partial charge in [-0.2, -0.15) is 0 Å². The Morgan fingerprint density at radius 3 is 2.72 bits per heavy atom. The molecule has 0 radical (unpaired) electrons. The first-order chi connectivity index (χ1) is 8.54. The highest BCUT2D eigenvalue weighted by atomic mass is 32.1. The van der Waals surface area contributed by atoms with Crippen LogP contribution in [0.1, 0.15) is 31.3 Å². The van der Waals surface area contributed by atoms with Gasteiger partial charge in [-0.1, -0.05) is 6.07 Å². The Morgan fingerprint density at radius 2 is 2.06 bits per heavy atom. The Hall–Kier alpha value is -1.06. The minimum absolute atomic E-state index is 0.169. The zero-order valence-corrected chi connectivity index (χ0v) is 12.3. The van der Waals surface area contributed by atoms with Crippen molar-refractivity contribution in [2.24, 2.45) is 0 Å². The SMILES string of the molecule is CC(C)(C)NCc1cccn1CCc1cccs1. The molecule has 0 bridgehead atoms. The van der Waals surface area contributed by atoms with Crippen LogP contribution in [0.3, 0.4) is 0 Å². The maximum Gasteiger partial charge on any atom is 0.0363 e. The number of thiophene rings is 1. The van der Waals surface area contributed by atoms with Gasteiger partial charge >= 0.3 is 0 Å². The summed E-state index contributed by atoms with van der Waals surface area (Å²) in [7, 11) is 0. The topological polar surface area (TPSA) is 17.0 Å². The molecule has 0 spiro atoms. The van der Waals surface area contributed by atoms with Crippen LogP contribution >= 0.6 is 11.3 Å². The molecule has 0 aliphatic rings. The molecule has 2 heterocycles.